The Hall–Kier alpha value is -4.65. The SMILES string of the molecule is C=C1C2=C(O)[C@]3(O)C(=O)C(C(N)=O)=C(O)[C@@H](N(C)C)[C@@H]3CC2Cc2c(N(C)C)cc(-c3cccc(C(=O)NCCN(C)C)c3)c(O)c21. The highest BCUT2D eigenvalue weighted by Gasteiger charge is 2.62. The first-order valence-electron chi connectivity index (χ1n) is 15.4. The summed E-state index contributed by atoms with van der Waals surface area (Å²) in [5.74, 6) is -5.47. The number of phenols is 1. The number of aromatic hydroxyl groups is 1. The number of benzene rings is 2. The Bertz CT molecular complexity index is 1760. The molecule has 3 aliphatic rings. The molecule has 0 saturated carbocycles. The molecule has 0 radical (unpaired) electrons. The van der Waals surface area contributed by atoms with Crippen molar-refractivity contribution < 1.29 is 34.8 Å². The number of Topliss-reactive ketones (excluding diaryl/α,β-unsaturated/α-hetero) is 1. The van der Waals surface area contributed by atoms with E-state index in [1.54, 1.807) is 43.3 Å². The van der Waals surface area contributed by atoms with Crippen LogP contribution in [0.3, 0.4) is 0 Å². The number of hydrogen-bond acceptors (Lipinski definition) is 10. The van der Waals surface area contributed by atoms with Crippen LogP contribution in [0.1, 0.15) is 27.9 Å². The molecule has 0 heterocycles. The number of likely N-dealkylation sites (N-methyl/N-ethyl adjacent to an activating group) is 2. The Balaban J connectivity index is 1.65. The Morgan fingerprint density at radius 2 is 1.77 bits per heavy atom. The molecule has 4 atom stereocenters. The van der Waals surface area contributed by atoms with Gasteiger partial charge in [0.25, 0.3) is 11.8 Å². The molecule has 1 unspecified atom stereocenters. The molecule has 2 aromatic carbocycles. The lowest BCUT2D eigenvalue weighted by atomic mass is 9.58. The maximum atomic E-state index is 13.7. The zero-order valence-corrected chi connectivity index (χ0v) is 27.6. The predicted octanol–water partition coefficient (Wildman–Crippen LogP) is 1.98. The third-order valence-electron chi connectivity index (χ3n) is 9.62. The smallest absolute Gasteiger partial charge is 0.255 e. The number of hydrogen-bond donors (Lipinski definition) is 6. The van der Waals surface area contributed by atoms with Crippen LogP contribution in [-0.4, -0.2) is 115 Å². The topological polar surface area (TPSA) is 180 Å². The summed E-state index contributed by atoms with van der Waals surface area (Å²) in [7, 11) is 10.8. The highest BCUT2D eigenvalue weighted by molar-refractivity contribution is 6.24. The molecule has 7 N–H and O–H groups in total. The number of nitrogens with two attached hydrogens (primary N) is 1. The number of primary amides is 1. The minimum atomic E-state index is -2.57. The van der Waals surface area contributed by atoms with Crippen molar-refractivity contribution in [1.82, 2.24) is 15.1 Å². The Morgan fingerprint density at radius 1 is 1.09 bits per heavy atom. The standard InChI is InChI=1S/C35H43N5O7/c1-17-25-20(15-23-28(40(6)7)30(42)27(33(36)45)32(44)35(23,47)31(25)43)14-22-24(39(4)5)16-21(29(41)26(17)22)18-9-8-10-19(13-18)34(46)37-11-12-38(2)3/h8-10,13,16,20,23,28,41-43,47H,1,11-12,14-15H2,2-7H3,(H2,36,45)(H,37,46)/t20?,23-,28-,35-/m0/s1. The Labute approximate surface area is 274 Å². The van der Waals surface area contributed by atoms with Crippen LogP contribution in [0.4, 0.5) is 5.69 Å². The molecule has 250 valence electrons. The number of fused-ring (bicyclic) bond motifs is 3. The number of aliphatic hydroxyl groups is 3. The van der Waals surface area contributed by atoms with Gasteiger partial charge in [0.15, 0.2) is 5.60 Å². The van der Waals surface area contributed by atoms with Crippen LogP contribution >= 0.6 is 0 Å². The summed E-state index contributed by atoms with van der Waals surface area (Å²) >= 11 is 0. The summed E-state index contributed by atoms with van der Waals surface area (Å²) in [4.78, 5) is 44.3. The second-order valence-corrected chi connectivity index (χ2v) is 13.3. The number of carbonyl (C=O) groups excluding carboxylic acids is 3. The number of rotatable bonds is 8. The molecule has 2 amide bonds. The van der Waals surface area contributed by atoms with E-state index < -0.39 is 52.3 Å². The molecule has 0 aliphatic heterocycles. The number of anilines is 1. The normalized spacial score (nSPS) is 23.9. The van der Waals surface area contributed by atoms with E-state index in [1.807, 2.05) is 44.1 Å². The van der Waals surface area contributed by atoms with Crippen molar-refractivity contribution in [3.63, 3.8) is 0 Å². The Kier molecular flexibility index (Phi) is 8.73. The van der Waals surface area contributed by atoms with E-state index >= 15 is 0 Å². The summed E-state index contributed by atoms with van der Waals surface area (Å²) in [5, 5.41) is 49.6. The first-order chi connectivity index (χ1) is 22.0. The number of carbonyl (C=O) groups is 3. The molecule has 5 rings (SSSR count). The number of phenolic OH excluding ortho intramolecular Hbond substituents is 1. The third kappa shape index (κ3) is 5.35. The van der Waals surface area contributed by atoms with Crippen molar-refractivity contribution in [3.8, 4) is 16.9 Å². The van der Waals surface area contributed by atoms with E-state index in [2.05, 4.69) is 11.9 Å². The second-order valence-electron chi connectivity index (χ2n) is 13.3. The highest BCUT2D eigenvalue weighted by Crippen LogP contribution is 2.57. The van der Waals surface area contributed by atoms with Gasteiger partial charge in [0.05, 0.1) is 6.04 Å². The van der Waals surface area contributed by atoms with Crippen molar-refractivity contribution in [2.45, 2.75) is 24.5 Å². The maximum absolute atomic E-state index is 13.7. The zero-order valence-electron chi connectivity index (χ0n) is 27.6. The first kappa shape index (κ1) is 33.7. The van der Waals surface area contributed by atoms with E-state index in [4.69, 9.17) is 5.73 Å². The summed E-state index contributed by atoms with van der Waals surface area (Å²) < 4.78 is 0. The van der Waals surface area contributed by atoms with Gasteiger partial charge in [-0.1, -0.05) is 18.7 Å². The lowest BCUT2D eigenvalue weighted by Gasteiger charge is -2.51. The summed E-state index contributed by atoms with van der Waals surface area (Å²) in [5.41, 5.74) is 5.84. The van der Waals surface area contributed by atoms with Gasteiger partial charge in [-0.05, 0) is 81.8 Å². The minimum absolute atomic E-state index is 0.134. The number of ketones is 1. The van der Waals surface area contributed by atoms with Gasteiger partial charge in [-0.3, -0.25) is 19.3 Å². The highest BCUT2D eigenvalue weighted by atomic mass is 16.3. The summed E-state index contributed by atoms with van der Waals surface area (Å²) in [6.45, 7) is 5.39. The van der Waals surface area contributed by atoms with Gasteiger partial charge >= 0.3 is 0 Å². The number of nitrogens with zero attached hydrogens (tertiary/aromatic N) is 3. The quantitative estimate of drug-likeness (QED) is 0.233. The summed E-state index contributed by atoms with van der Waals surface area (Å²) in [6.07, 6.45) is 0.469. The molecule has 12 nitrogen and oxygen atoms in total. The fourth-order valence-electron chi connectivity index (χ4n) is 7.42. The zero-order chi connectivity index (χ0) is 34.7. The van der Waals surface area contributed by atoms with Crippen molar-refractivity contribution >= 4 is 28.9 Å². The number of aliphatic hydroxyl groups excluding tert-OH is 2. The van der Waals surface area contributed by atoms with E-state index in [-0.39, 0.29) is 29.2 Å². The molecular formula is C35H43N5O7. The number of amides is 2. The predicted molar refractivity (Wildman–Crippen MR) is 179 cm³/mol. The molecular weight excluding hydrogens is 602 g/mol. The van der Waals surface area contributed by atoms with E-state index in [1.165, 1.54) is 0 Å². The van der Waals surface area contributed by atoms with Crippen LogP contribution in [0.25, 0.3) is 16.7 Å². The molecule has 0 aromatic heterocycles. The fourth-order valence-corrected chi connectivity index (χ4v) is 7.42. The van der Waals surface area contributed by atoms with Crippen LogP contribution in [0.5, 0.6) is 5.75 Å². The van der Waals surface area contributed by atoms with Crippen LogP contribution in [-0.2, 0) is 16.0 Å². The third-order valence-corrected chi connectivity index (χ3v) is 9.62. The Morgan fingerprint density at radius 3 is 2.36 bits per heavy atom. The molecule has 0 spiro atoms. The van der Waals surface area contributed by atoms with E-state index in [0.29, 0.717) is 41.8 Å². The second kappa shape index (κ2) is 12.2. The largest absolute Gasteiger partial charge is 0.510 e. The van der Waals surface area contributed by atoms with Gasteiger partial charge in [-0.2, -0.15) is 0 Å². The molecule has 0 bridgehead atoms. The fraction of sp³-hybridized carbons (Fsp3) is 0.400. The van der Waals surface area contributed by atoms with Gasteiger partial charge in [0, 0.05) is 61.1 Å². The molecule has 2 aromatic rings. The van der Waals surface area contributed by atoms with Crippen LogP contribution in [0.15, 0.2) is 59.6 Å². The van der Waals surface area contributed by atoms with E-state index in [9.17, 15) is 34.8 Å². The van der Waals surface area contributed by atoms with Crippen LogP contribution in [0.2, 0.25) is 0 Å². The van der Waals surface area contributed by atoms with Crippen molar-refractivity contribution in [3.05, 3.63) is 76.3 Å². The molecule has 47 heavy (non-hydrogen) atoms. The molecule has 0 fully saturated rings. The monoisotopic (exact) mass is 645 g/mol. The van der Waals surface area contributed by atoms with Gasteiger partial charge in [0.1, 0.15) is 22.8 Å². The minimum Gasteiger partial charge on any atom is -0.510 e. The van der Waals surface area contributed by atoms with Gasteiger partial charge in [-0.15, -0.1) is 0 Å². The van der Waals surface area contributed by atoms with Crippen molar-refractivity contribution in [1.29, 1.82) is 0 Å². The number of allylic oxidation sites excluding steroid dienone is 2. The van der Waals surface area contributed by atoms with Crippen molar-refractivity contribution in [2.24, 2.45) is 17.6 Å². The van der Waals surface area contributed by atoms with Gasteiger partial charge < -0.3 is 41.3 Å². The number of nitrogens with one attached hydrogen (secondary N) is 1. The lowest BCUT2D eigenvalue weighted by molar-refractivity contribution is -0.148. The lowest BCUT2D eigenvalue weighted by Crippen LogP contribution is -2.63. The van der Waals surface area contributed by atoms with Crippen LogP contribution in [0, 0.1) is 11.8 Å². The molecule has 3 aliphatic carbocycles. The average molecular weight is 646 g/mol. The van der Waals surface area contributed by atoms with Gasteiger partial charge in [0.2, 0.25) is 5.78 Å². The molecule has 0 saturated heterocycles. The summed E-state index contributed by atoms with van der Waals surface area (Å²) in [6, 6.07) is 7.75. The first-order valence-corrected chi connectivity index (χ1v) is 15.4. The van der Waals surface area contributed by atoms with Gasteiger partial charge in [-0.25, -0.2) is 0 Å². The van der Waals surface area contributed by atoms with Crippen molar-refractivity contribution in [2.75, 3.05) is 60.3 Å². The maximum Gasteiger partial charge on any atom is 0.255 e. The van der Waals surface area contributed by atoms with Crippen LogP contribution < -0.4 is 16.0 Å². The average Bonchev–Trinajstić information content (AvgIpc) is 2.98. The molecule has 12 heteroatoms. The van der Waals surface area contributed by atoms with E-state index in [0.717, 1.165) is 11.3 Å².